The molecule has 1 aliphatic heterocycles. The highest BCUT2D eigenvalue weighted by molar-refractivity contribution is 5.96. The highest BCUT2D eigenvalue weighted by atomic mass is 16.5. The van der Waals surface area contributed by atoms with Gasteiger partial charge in [-0.3, -0.25) is 9.59 Å². The van der Waals surface area contributed by atoms with Gasteiger partial charge in [0.1, 0.15) is 12.4 Å². The lowest BCUT2D eigenvalue weighted by Gasteiger charge is -2.25. The molecule has 0 saturated carbocycles. The van der Waals surface area contributed by atoms with Gasteiger partial charge in [0, 0.05) is 25.1 Å². The second-order valence-corrected chi connectivity index (χ2v) is 6.56. The fourth-order valence-corrected chi connectivity index (χ4v) is 3.08. The fourth-order valence-electron chi connectivity index (χ4n) is 3.08. The van der Waals surface area contributed by atoms with E-state index in [9.17, 15) is 9.59 Å². The lowest BCUT2D eigenvalue weighted by molar-refractivity contribution is -0.130. The van der Waals surface area contributed by atoms with Crippen molar-refractivity contribution >= 4 is 17.5 Å². The average Bonchev–Trinajstić information content (AvgIpc) is 2.66. The van der Waals surface area contributed by atoms with Crippen LogP contribution in [-0.4, -0.2) is 36.9 Å². The van der Waals surface area contributed by atoms with Gasteiger partial charge in [-0.05, 0) is 36.6 Å². The Hall–Kier alpha value is -2.82. The zero-order chi connectivity index (χ0) is 18.4. The van der Waals surface area contributed by atoms with Crippen molar-refractivity contribution in [3.05, 3.63) is 60.2 Å². The summed E-state index contributed by atoms with van der Waals surface area (Å²) in [6.07, 6.45) is 1.61. The van der Waals surface area contributed by atoms with Crippen LogP contribution in [0, 0.1) is 5.92 Å². The van der Waals surface area contributed by atoms with E-state index in [4.69, 9.17) is 4.74 Å². The molecule has 0 aromatic heterocycles. The maximum absolute atomic E-state index is 12.3. The number of ether oxygens (including phenoxy) is 1. The van der Waals surface area contributed by atoms with Crippen molar-refractivity contribution in [3.8, 4) is 5.75 Å². The van der Waals surface area contributed by atoms with Crippen molar-refractivity contribution in [1.29, 1.82) is 0 Å². The third-order valence-electron chi connectivity index (χ3n) is 4.68. The number of rotatable bonds is 7. The number of nitrogens with zero attached hydrogens (tertiary/aromatic N) is 1. The number of carbonyl (C=O) groups excluding carboxylic acids is 2. The summed E-state index contributed by atoms with van der Waals surface area (Å²) in [4.78, 5) is 26.2. The molecule has 0 bridgehead atoms. The summed E-state index contributed by atoms with van der Waals surface area (Å²) in [5.41, 5.74) is 2.02. The van der Waals surface area contributed by atoms with Crippen LogP contribution in [0.1, 0.15) is 18.4 Å². The van der Waals surface area contributed by atoms with Crippen molar-refractivity contribution < 1.29 is 14.3 Å². The van der Waals surface area contributed by atoms with Gasteiger partial charge in [0.2, 0.25) is 11.8 Å². The molecule has 2 aromatic carbocycles. The molecule has 1 aliphatic rings. The zero-order valence-corrected chi connectivity index (χ0v) is 15.0. The van der Waals surface area contributed by atoms with E-state index < -0.39 is 0 Å². The SMILES string of the molecule is CN(CCOc1ccccc1)C(=O)CCC1Cc2ccccc2NC1=O. The van der Waals surface area contributed by atoms with E-state index in [2.05, 4.69) is 5.32 Å². The van der Waals surface area contributed by atoms with Crippen LogP contribution in [0.2, 0.25) is 0 Å². The third-order valence-corrected chi connectivity index (χ3v) is 4.68. The number of hydrogen-bond donors (Lipinski definition) is 1. The van der Waals surface area contributed by atoms with Gasteiger partial charge in [-0.15, -0.1) is 0 Å². The zero-order valence-electron chi connectivity index (χ0n) is 15.0. The van der Waals surface area contributed by atoms with Crippen LogP contribution in [0.25, 0.3) is 0 Å². The molecular weight excluding hydrogens is 328 g/mol. The number of hydrogen-bond acceptors (Lipinski definition) is 3. The Labute approximate surface area is 154 Å². The van der Waals surface area contributed by atoms with Crippen molar-refractivity contribution in [2.75, 3.05) is 25.5 Å². The van der Waals surface area contributed by atoms with Gasteiger partial charge in [-0.1, -0.05) is 36.4 Å². The number of benzene rings is 2. The Bertz CT molecular complexity index is 761. The second-order valence-electron chi connectivity index (χ2n) is 6.56. The Kier molecular flexibility index (Phi) is 5.89. The lowest BCUT2D eigenvalue weighted by Crippen LogP contribution is -2.33. The molecule has 0 saturated heterocycles. The minimum absolute atomic E-state index is 0.00608. The number of fused-ring (bicyclic) bond motifs is 1. The molecule has 2 amide bonds. The molecule has 136 valence electrons. The van der Waals surface area contributed by atoms with Gasteiger partial charge in [0.15, 0.2) is 0 Å². The molecule has 0 fully saturated rings. The smallest absolute Gasteiger partial charge is 0.227 e. The topological polar surface area (TPSA) is 58.6 Å². The molecule has 3 rings (SSSR count). The normalized spacial score (nSPS) is 15.7. The molecular formula is C21H24N2O3. The molecule has 0 spiro atoms. The van der Waals surface area contributed by atoms with Crippen molar-refractivity contribution in [2.24, 2.45) is 5.92 Å². The standard InChI is InChI=1S/C21H24N2O3/c1-23(13-14-26-18-8-3-2-4-9-18)20(24)12-11-17-15-16-7-5-6-10-19(16)22-21(17)25/h2-10,17H,11-15H2,1H3,(H,22,25). The van der Waals surface area contributed by atoms with Gasteiger partial charge in [-0.25, -0.2) is 0 Å². The molecule has 5 heteroatoms. The van der Waals surface area contributed by atoms with Crippen molar-refractivity contribution in [1.82, 2.24) is 4.90 Å². The van der Waals surface area contributed by atoms with Crippen LogP contribution in [-0.2, 0) is 16.0 Å². The minimum Gasteiger partial charge on any atom is -0.492 e. The molecule has 0 aliphatic carbocycles. The van der Waals surface area contributed by atoms with Crippen LogP contribution in [0.5, 0.6) is 5.75 Å². The van der Waals surface area contributed by atoms with Crippen LogP contribution >= 0.6 is 0 Å². The first-order valence-corrected chi connectivity index (χ1v) is 8.94. The summed E-state index contributed by atoms with van der Waals surface area (Å²) in [7, 11) is 1.77. The Morgan fingerprint density at radius 3 is 2.69 bits per heavy atom. The summed E-state index contributed by atoms with van der Waals surface area (Å²) < 4.78 is 5.62. The maximum Gasteiger partial charge on any atom is 0.227 e. The molecule has 0 radical (unpaired) electrons. The molecule has 1 heterocycles. The highest BCUT2D eigenvalue weighted by Crippen LogP contribution is 2.27. The van der Waals surface area contributed by atoms with E-state index in [1.54, 1.807) is 11.9 Å². The first kappa shape index (κ1) is 18.0. The number of likely N-dealkylation sites (N-methyl/N-ethyl adjacent to an activating group) is 1. The Morgan fingerprint density at radius 2 is 1.88 bits per heavy atom. The number of anilines is 1. The Balaban J connectivity index is 1.42. The highest BCUT2D eigenvalue weighted by Gasteiger charge is 2.26. The predicted octanol–water partition coefficient (Wildman–Crippen LogP) is 3.12. The van der Waals surface area contributed by atoms with Gasteiger partial charge in [-0.2, -0.15) is 0 Å². The van der Waals surface area contributed by atoms with E-state index in [-0.39, 0.29) is 17.7 Å². The van der Waals surface area contributed by atoms with Gasteiger partial charge < -0.3 is 15.0 Å². The molecule has 2 aromatic rings. The van der Waals surface area contributed by atoms with E-state index >= 15 is 0 Å². The fraction of sp³-hybridized carbons (Fsp3) is 0.333. The van der Waals surface area contributed by atoms with E-state index in [0.717, 1.165) is 17.0 Å². The average molecular weight is 352 g/mol. The molecule has 1 N–H and O–H groups in total. The summed E-state index contributed by atoms with van der Waals surface area (Å²) >= 11 is 0. The monoisotopic (exact) mass is 352 g/mol. The van der Waals surface area contributed by atoms with E-state index in [0.29, 0.717) is 32.4 Å². The number of carbonyl (C=O) groups is 2. The predicted molar refractivity (Wildman–Crippen MR) is 101 cm³/mol. The quantitative estimate of drug-likeness (QED) is 0.833. The summed E-state index contributed by atoms with van der Waals surface area (Å²) in [5, 5.41) is 2.93. The molecule has 1 unspecified atom stereocenters. The Morgan fingerprint density at radius 1 is 1.15 bits per heavy atom. The molecule has 1 atom stereocenters. The first-order valence-electron chi connectivity index (χ1n) is 8.94. The number of amides is 2. The lowest BCUT2D eigenvalue weighted by atomic mass is 9.89. The summed E-state index contributed by atoms with van der Waals surface area (Å²) in [5.74, 6) is 0.689. The van der Waals surface area contributed by atoms with Crippen LogP contribution in [0.15, 0.2) is 54.6 Å². The summed E-state index contributed by atoms with van der Waals surface area (Å²) in [6.45, 7) is 0.969. The largest absolute Gasteiger partial charge is 0.492 e. The summed E-state index contributed by atoms with van der Waals surface area (Å²) in [6, 6.07) is 17.4. The van der Waals surface area contributed by atoms with Crippen LogP contribution in [0.4, 0.5) is 5.69 Å². The van der Waals surface area contributed by atoms with Crippen LogP contribution < -0.4 is 10.1 Å². The van der Waals surface area contributed by atoms with E-state index in [1.807, 2.05) is 54.6 Å². The first-order chi connectivity index (χ1) is 12.6. The third kappa shape index (κ3) is 4.63. The maximum atomic E-state index is 12.3. The second kappa shape index (κ2) is 8.52. The van der Waals surface area contributed by atoms with Gasteiger partial charge >= 0.3 is 0 Å². The van der Waals surface area contributed by atoms with Gasteiger partial charge in [0.05, 0.1) is 6.54 Å². The number of nitrogens with one attached hydrogen (secondary N) is 1. The van der Waals surface area contributed by atoms with Crippen LogP contribution in [0.3, 0.4) is 0 Å². The van der Waals surface area contributed by atoms with E-state index in [1.165, 1.54) is 0 Å². The van der Waals surface area contributed by atoms with Crippen molar-refractivity contribution in [2.45, 2.75) is 19.3 Å². The minimum atomic E-state index is -0.150. The molecule has 5 nitrogen and oxygen atoms in total. The van der Waals surface area contributed by atoms with Gasteiger partial charge in [0.25, 0.3) is 0 Å². The molecule has 26 heavy (non-hydrogen) atoms. The number of para-hydroxylation sites is 2. The van der Waals surface area contributed by atoms with Crippen molar-refractivity contribution in [3.63, 3.8) is 0 Å².